The Morgan fingerprint density at radius 2 is 0.421 bits per heavy atom. The first-order chi connectivity index (χ1) is 46.2. The number of unbranched alkanes of at least 4 members (excludes halogenated alkanes) is 51. The molecule has 0 aromatic rings. The zero-order chi connectivity index (χ0) is 69.7. The van der Waals surface area contributed by atoms with Crippen molar-refractivity contribution in [2.75, 3.05) is 39.6 Å². The molecule has 0 aromatic heterocycles. The molecule has 95 heavy (non-hydrogen) atoms. The molecule has 0 heterocycles. The van der Waals surface area contributed by atoms with Crippen LogP contribution in [0.2, 0.25) is 0 Å². The van der Waals surface area contributed by atoms with Crippen LogP contribution in [-0.4, -0.2) is 96.7 Å². The van der Waals surface area contributed by atoms with Crippen LogP contribution in [0.15, 0.2) is 0 Å². The van der Waals surface area contributed by atoms with Crippen molar-refractivity contribution >= 4 is 39.5 Å². The maximum Gasteiger partial charge on any atom is 0.472 e. The molecule has 564 valence electrons. The van der Waals surface area contributed by atoms with Gasteiger partial charge in [0.2, 0.25) is 0 Å². The number of hydrogen-bond donors (Lipinski definition) is 3. The van der Waals surface area contributed by atoms with Crippen LogP contribution in [0.5, 0.6) is 0 Å². The number of aliphatic hydroxyl groups excluding tert-OH is 1. The predicted molar refractivity (Wildman–Crippen MR) is 386 cm³/mol. The van der Waals surface area contributed by atoms with Gasteiger partial charge in [-0.3, -0.25) is 37.3 Å². The molecule has 19 heteroatoms. The number of carbonyl (C=O) groups is 4. The average Bonchev–Trinajstić information content (AvgIpc) is 2.11. The molecule has 0 saturated heterocycles. The first-order valence-corrected chi connectivity index (χ1v) is 42.8. The minimum absolute atomic E-state index is 0.105. The molecule has 0 saturated carbocycles. The summed E-state index contributed by atoms with van der Waals surface area (Å²) in [5.74, 6) is -2.12. The van der Waals surface area contributed by atoms with Gasteiger partial charge in [-0.25, -0.2) is 9.13 Å². The first-order valence-electron chi connectivity index (χ1n) is 39.8. The van der Waals surface area contributed by atoms with E-state index in [9.17, 15) is 43.2 Å². The van der Waals surface area contributed by atoms with E-state index in [-0.39, 0.29) is 25.7 Å². The first kappa shape index (κ1) is 93.1. The van der Waals surface area contributed by atoms with Gasteiger partial charge in [0.15, 0.2) is 12.2 Å². The van der Waals surface area contributed by atoms with Crippen LogP contribution >= 0.6 is 15.6 Å². The molecule has 0 amide bonds. The molecular formula is C76H148O17P2. The fourth-order valence-corrected chi connectivity index (χ4v) is 13.3. The third-order valence-corrected chi connectivity index (χ3v) is 19.8. The van der Waals surface area contributed by atoms with Crippen LogP contribution in [0.4, 0.5) is 0 Å². The number of phosphoric acid groups is 2. The summed E-state index contributed by atoms with van der Waals surface area (Å²) in [7, 11) is -9.90. The lowest BCUT2D eigenvalue weighted by molar-refractivity contribution is -0.161. The van der Waals surface area contributed by atoms with E-state index in [1.165, 1.54) is 218 Å². The second-order valence-corrected chi connectivity index (χ2v) is 30.3. The van der Waals surface area contributed by atoms with Crippen molar-refractivity contribution in [1.29, 1.82) is 0 Å². The number of ether oxygens (including phenoxy) is 4. The summed E-state index contributed by atoms with van der Waals surface area (Å²) in [6, 6.07) is 0. The Morgan fingerprint density at radius 1 is 0.253 bits per heavy atom. The molecule has 0 rings (SSSR count). The van der Waals surface area contributed by atoms with Crippen LogP contribution < -0.4 is 0 Å². The highest BCUT2D eigenvalue weighted by atomic mass is 31.2. The van der Waals surface area contributed by atoms with Crippen molar-refractivity contribution in [3.63, 3.8) is 0 Å². The number of esters is 4. The van der Waals surface area contributed by atoms with E-state index < -0.39 is 97.5 Å². The summed E-state index contributed by atoms with van der Waals surface area (Å²) in [4.78, 5) is 72.5. The highest BCUT2D eigenvalue weighted by Gasteiger charge is 2.30. The molecule has 0 fully saturated rings. The highest BCUT2D eigenvalue weighted by molar-refractivity contribution is 7.47. The largest absolute Gasteiger partial charge is 0.472 e. The van der Waals surface area contributed by atoms with Gasteiger partial charge in [-0.05, 0) is 25.7 Å². The Labute approximate surface area is 581 Å². The van der Waals surface area contributed by atoms with E-state index >= 15 is 0 Å². The monoisotopic (exact) mass is 1400 g/mol. The molecule has 0 aliphatic carbocycles. The lowest BCUT2D eigenvalue weighted by Crippen LogP contribution is -2.30. The van der Waals surface area contributed by atoms with Crippen LogP contribution in [0.3, 0.4) is 0 Å². The van der Waals surface area contributed by atoms with Gasteiger partial charge in [0.1, 0.15) is 19.3 Å². The summed E-state index contributed by atoms with van der Waals surface area (Å²) in [5, 5.41) is 10.6. The molecule has 17 nitrogen and oxygen atoms in total. The van der Waals surface area contributed by atoms with E-state index in [1.54, 1.807) is 0 Å². The van der Waals surface area contributed by atoms with Crippen molar-refractivity contribution in [2.24, 2.45) is 0 Å². The average molecular weight is 1400 g/mol. The van der Waals surface area contributed by atoms with E-state index in [1.807, 2.05) is 0 Å². The van der Waals surface area contributed by atoms with E-state index in [2.05, 4.69) is 27.7 Å². The summed E-state index contributed by atoms with van der Waals surface area (Å²) in [6.45, 7) is 4.91. The predicted octanol–water partition coefficient (Wildman–Crippen LogP) is 22.6. The SMILES string of the molecule is CCCCCCCCCCCCCCCCCCCCCCCC(=O)O[C@H](COC(=O)CCCCCCCCCCCCCCCCCCCCC)COP(=O)(O)OC[C@@H](O)COP(=O)(O)OC[C@@H](COC(=O)CCCCCCCCC)OC(=O)CCCCCCCCCC. The molecule has 0 aromatic carbocycles. The van der Waals surface area contributed by atoms with Gasteiger partial charge >= 0.3 is 39.5 Å². The number of hydrogen-bond acceptors (Lipinski definition) is 15. The fraction of sp³-hybridized carbons (Fsp3) is 0.947. The molecule has 2 unspecified atom stereocenters. The van der Waals surface area contributed by atoms with Crippen LogP contribution in [0.25, 0.3) is 0 Å². The molecule has 3 N–H and O–H groups in total. The van der Waals surface area contributed by atoms with Crippen LogP contribution in [0.1, 0.15) is 407 Å². The number of rotatable bonds is 77. The lowest BCUT2D eigenvalue weighted by Gasteiger charge is -2.21. The van der Waals surface area contributed by atoms with Crippen molar-refractivity contribution in [3.05, 3.63) is 0 Å². The second-order valence-electron chi connectivity index (χ2n) is 27.4. The van der Waals surface area contributed by atoms with Gasteiger partial charge in [-0.15, -0.1) is 0 Å². The number of aliphatic hydroxyl groups is 1. The molecule has 5 atom stereocenters. The van der Waals surface area contributed by atoms with Crippen molar-refractivity contribution in [3.8, 4) is 0 Å². The summed E-state index contributed by atoms with van der Waals surface area (Å²) in [6.07, 6.45) is 61.5. The fourth-order valence-electron chi connectivity index (χ4n) is 11.8. The molecule has 0 radical (unpaired) electrons. The molecule has 0 bridgehead atoms. The smallest absolute Gasteiger partial charge is 0.462 e. The Balaban J connectivity index is 5.11. The zero-order valence-electron chi connectivity index (χ0n) is 61.6. The van der Waals surface area contributed by atoms with Crippen LogP contribution in [0, 0.1) is 0 Å². The zero-order valence-corrected chi connectivity index (χ0v) is 63.4. The summed E-state index contributed by atoms with van der Waals surface area (Å²) in [5.41, 5.74) is 0. The Bertz CT molecular complexity index is 1810. The van der Waals surface area contributed by atoms with E-state index in [0.29, 0.717) is 25.7 Å². The number of carbonyl (C=O) groups excluding carboxylic acids is 4. The highest BCUT2D eigenvalue weighted by Crippen LogP contribution is 2.45. The van der Waals surface area contributed by atoms with Gasteiger partial charge in [0.25, 0.3) is 0 Å². The Hall–Kier alpha value is -1.94. The lowest BCUT2D eigenvalue weighted by atomic mass is 10.0. The maximum atomic E-state index is 13.1. The van der Waals surface area contributed by atoms with Gasteiger partial charge in [0, 0.05) is 25.7 Å². The van der Waals surface area contributed by atoms with Crippen LogP contribution in [-0.2, 0) is 65.4 Å². The van der Waals surface area contributed by atoms with Gasteiger partial charge in [-0.1, -0.05) is 355 Å². The normalized spacial score (nSPS) is 13.9. The van der Waals surface area contributed by atoms with Crippen molar-refractivity contribution in [1.82, 2.24) is 0 Å². The Morgan fingerprint density at radius 3 is 0.621 bits per heavy atom. The molecular weight excluding hydrogens is 1250 g/mol. The van der Waals surface area contributed by atoms with Gasteiger partial charge in [0.05, 0.1) is 26.4 Å². The standard InChI is InChI=1S/C76H148O17P2/c1-5-9-13-17-21-24-26-28-30-32-34-35-37-39-41-43-45-47-51-55-59-63-76(81)93-72(67-87-74(79)61-57-53-50-46-44-42-40-38-36-33-31-29-27-25-22-18-14-10-6-2)69-91-95(84,85)89-65-70(77)64-88-94(82,83)90-68-71(66-86-73(78)60-56-52-48-20-16-12-8-4)92-75(80)62-58-54-49-23-19-15-11-7-3/h70-72,77H,5-69H2,1-4H3,(H,82,83)(H,84,85)/t70-,71+,72+/m0/s1. The molecule has 0 spiro atoms. The maximum absolute atomic E-state index is 13.1. The number of phosphoric ester groups is 2. The third kappa shape index (κ3) is 70.3. The second kappa shape index (κ2) is 70.5. The molecule has 0 aliphatic heterocycles. The minimum atomic E-state index is -4.95. The van der Waals surface area contributed by atoms with Crippen molar-refractivity contribution in [2.45, 2.75) is 425 Å². The summed E-state index contributed by atoms with van der Waals surface area (Å²) >= 11 is 0. The summed E-state index contributed by atoms with van der Waals surface area (Å²) < 4.78 is 68.3. The van der Waals surface area contributed by atoms with Gasteiger partial charge in [-0.2, -0.15) is 0 Å². The topological polar surface area (TPSA) is 237 Å². The van der Waals surface area contributed by atoms with E-state index in [0.717, 1.165) is 109 Å². The third-order valence-electron chi connectivity index (χ3n) is 17.9. The molecule has 0 aliphatic rings. The van der Waals surface area contributed by atoms with Gasteiger partial charge < -0.3 is 33.8 Å². The quantitative estimate of drug-likeness (QED) is 0.0222. The Kier molecular flexibility index (Phi) is 69.1. The van der Waals surface area contributed by atoms with E-state index in [4.69, 9.17) is 37.0 Å². The minimum Gasteiger partial charge on any atom is -0.462 e. The van der Waals surface area contributed by atoms with Crippen molar-refractivity contribution < 1.29 is 80.2 Å².